The number of rotatable bonds is 13. The molecule has 12 nitrogen and oxygen atoms in total. The molecule has 0 bridgehead atoms. The van der Waals surface area contributed by atoms with Crippen LogP contribution in [-0.4, -0.2) is 93.0 Å². The number of hydrogen-bond acceptors (Lipinski definition) is 10. The lowest BCUT2D eigenvalue weighted by molar-refractivity contribution is -0.184. The Bertz CT molecular complexity index is 1290. The molecule has 0 aromatic carbocycles. The van der Waals surface area contributed by atoms with Gasteiger partial charge in [0.25, 0.3) is 0 Å². The predicted octanol–water partition coefficient (Wildman–Crippen LogP) is 1.94. The number of carbonyl (C=O) groups is 6. The van der Waals surface area contributed by atoms with E-state index in [1.807, 2.05) is 13.2 Å². The van der Waals surface area contributed by atoms with E-state index in [4.69, 9.17) is 4.74 Å². The number of carboxylic acid groups (broad SMARTS) is 1. The number of amides is 2. The molecule has 0 aromatic rings. The summed E-state index contributed by atoms with van der Waals surface area (Å²) in [6.45, 7) is 4.72. The van der Waals surface area contributed by atoms with E-state index >= 15 is 0 Å². The second-order valence-corrected chi connectivity index (χ2v) is 15.0. The Labute approximate surface area is 273 Å². The second-order valence-electron chi connectivity index (χ2n) is 14.0. The number of aliphatic hydroxyl groups is 2. The zero-order chi connectivity index (χ0) is 34.0. The van der Waals surface area contributed by atoms with E-state index in [-0.39, 0.29) is 61.1 Å². The summed E-state index contributed by atoms with van der Waals surface area (Å²) in [7, 11) is 0. The average molecular weight is 665 g/mol. The first-order valence-electron chi connectivity index (χ1n) is 16.2. The Morgan fingerprint density at radius 1 is 1.09 bits per heavy atom. The van der Waals surface area contributed by atoms with Crippen molar-refractivity contribution in [3.8, 4) is 0 Å². The highest BCUT2D eigenvalue weighted by atomic mass is 32.2. The zero-order valence-corrected chi connectivity index (χ0v) is 28.0. The molecule has 4 aliphatic carbocycles. The van der Waals surface area contributed by atoms with Crippen LogP contribution in [0.2, 0.25) is 0 Å². The highest BCUT2D eigenvalue weighted by Gasteiger charge is 2.68. The SMILES string of the molecule is CSCC[C@H](NC(=O)[C@H](C)NC(=O)CCC(=O)OCC(=O)[C@@]1(O)CC[C@@H]2[C@@H]3CCC4=CC(=O)CC[C@]4(C)[C@@H]3[C@@H](O)C[C@@]21C)C(=O)O. The Morgan fingerprint density at radius 2 is 1.80 bits per heavy atom. The summed E-state index contributed by atoms with van der Waals surface area (Å²) in [5, 5.41) is 37.5. The fraction of sp³-hybridized carbons (Fsp3) is 0.758. The highest BCUT2D eigenvalue weighted by Crippen LogP contribution is 2.67. The van der Waals surface area contributed by atoms with Crippen LogP contribution in [0.3, 0.4) is 0 Å². The van der Waals surface area contributed by atoms with Gasteiger partial charge < -0.3 is 30.7 Å². The van der Waals surface area contributed by atoms with Crippen molar-refractivity contribution in [2.45, 2.75) is 109 Å². The lowest BCUT2D eigenvalue weighted by Gasteiger charge is -2.60. The number of carbonyl (C=O) groups excluding carboxylic acids is 5. The number of hydrogen-bond donors (Lipinski definition) is 5. The van der Waals surface area contributed by atoms with Crippen molar-refractivity contribution in [3.63, 3.8) is 0 Å². The first-order valence-corrected chi connectivity index (χ1v) is 17.6. The Kier molecular flexibility index (Phi) is 11.1. The van der Waals surface area contributed by atoms with Gasteiger partial charge in [-0.1, -0.05) is 19.4 Å². The summed E-state index contributed by atoms with van der Waals surface area (Å²) in [6.07, 6.45) is 6.05. The topological polar surface area (TPSA) is 196 Å². The molecule has 256 valence electrons. The lowest BCUT2D eigenvalue weighted by atomic mass is 9.45. The number of aliphatic carboxylic acids is 1. The van der Waals surface area contributed by atoms with E-state index in [1.54, 1.807) is 6.08 Å². The van der Waals surface area contributed by atoms with Crippen molar-refractivity contribution >= 4 is 47.1 Å². The molecule has 0 aromatic heterocycles. The van der Waals surface area contributed by atoms with E-state index in [2.05, 4.69) is 17.6 Å². The van der Waals surface area contributed by atoms with Crippen molar-refractivity contribution in [3.05, 3.63) is 11.6 Å². The maximum Gasteiger partial charge on any atom is 0.326 e. The van der Waals surface area contributed by atoms with E-state index in [0.717, 1.165) is 18.4 Å². The number of aliphatic hydroxyl groups excluding tert-OH is 1. The molecular weight excluding hydrogens is 616 g/mol. The zero-order valence-electron chi connectivity index (χ0n) is 27.1. The quantitative estimate of drug-likeness (QED) is 0.181. The number of thioether (sulfide) groups is 1. The smallest absolute Gasteiger partial charge is 0.326 e. The fourth-order valence-electron chi connectivity index (χ4n) is 8.87. The van der Waals surface area contributed by atoms with Crippen LogP contribution in [0.15, 0.2) is 11.6 Å². The molecule has 0 unspecified atom stereocenters. The lowest BCUT2D eigenvalue weighted by Crippen LogP contribution is -2.62. The molecule has 13 heteroatoms. The van der Waals surface area contributed by atoms with Gasteiger partial charge in [0.05, 0.1) is 12.5 Å². The van der Waals surface area contributed by atoms with Gasteiger partial charge in [-0.25, -0.2) is 4.79 Å². The van der Waals surface area contributed by atoms with Crippen LogP contribution in [0.4, 0.5) is 0 Å². The summed E-state index contributed by atoms with van der Waals surface area (Å²) in [4.78, 5) is 74.1. The molecule has 0 radical (unpaired) electrons. The number of allylic oxidation sites excluding steroid dienone is 1. The molecule has 4 aliphatic rings. The molecule has 46 heavy (non-hydrogen) atoms. The minimum Gasteiger partial charge on any atom is -0.480 e. The predicted molar refractivity (Wildman–Crippen MR) is 168 cm³/mol. The normalized spacial score (nSPS) is 34.6. The third kappa shape index (κ3) is 6.92. The molecule has 9 atom stereocenters. The van der Waals surface area contributed by atoms with E-state index in [9.17, 15) is 44.1 Å². The number of esters is 1. The van der Waals surface area contributed by atoms with E-state index in [1.165, 1.54) is 18.7 Å². The van der Waals surface area contributed by atoms with Gasteiger partial charge in [0.1, 0.15) is 17.7 Å². The van der Waals surface area contributed by atoms with Crippen molar-refractivity contribution in [1.29, 1.82) is 0 Å². The Morgan fingerprint density at radius 3 is 2.48 bits per heavy atom. The van der Waals surface area contributed by atoms with Gasteiger partial charge in [0.15, 0.2) is 12.4 Å². The monoisotopic (exact) mass is 664 g/mol. The summed E-state index contributed by atoms with van der Waals surface area (Å²) in [6, 6.07) is -2.12. The molecule has 0 heterocycles. The van der Waals surface area contributed by atoms with E-state index in [0.29, 0.717) is 25.0 Å². The van der Waals surface area contributed by atoms with Crippen LogP contribution in [0, 0.1) is 28.6 Å². The summed E-state index contributed by atoms with van der Waals surface area (Å²) >= 11 is 1.44. The molecule has 0 spiro atoms. The summed E-state index contributed by atoms with van der Waals surface area (Å²) in [5.41, 5.74) is -1.89. The molecule has 5 N–H and O–H groups in total. The van der Waals surface area contributed by atoms with Crippen molar-refractivity contribution < 1.29 is 48.8 Å². The van der Waals surface area contributed by atoms with Gasteiger partial charge in [-0.05, 0) is 93.1 Å². The summed E-state index contributed by atoms with van der Waals surface area (Å²) < 4.78 is 5.18. The molecule has 3 fully saturated rings. The van der Waals surface area contributed by atoms with Gasteiger partial charge in [-0.3, -0.25) is 24.0 Å². The third-order valence-corrected chi connectivity index (χ3v) is 12.1. The maximum absolute atomic E-state index is 13.5. The number of nitrogens with one attached hydrogen (secondary N) is 2. The maximum atomic E-state index is 13.5. The number of Topliss-reactive ketones (excluding diaryl/α,β-unsaturated/α-hetero) is 1. The molecule has 2 amide bonds. The Hall–Kier alpha value is -2.77. The first-order chi connectivity index (χ1) is 21.6. The van der Waals surface area contributed by atoms with Gasteiger partial charge in [-0.2, -0.15) is 11.8 Å². The van der Waals surface area contributed by atoms with Crippen LogP contribution >= 0.6 is 11.8 Å². The van der Waals surface area contributed by atoms with Gasteiger partial charge in [0, 0.05) is 18.3 Å². The number of ether oxygens (including phenoxy) is 1. The number of ketones is 2. The first kappa shape index (κ1) is 36.1. The van der Waals surface area contributed by atoms with Crippen molar-refractivity contribution in [1.82, 2.24) is 10.6 Å². The van der Waals surface area contributed by atoms with Crippen LogP contribution in [0.1, 0.15) is 85.0 Å². The molecule has 0 aliphatic heterocycles. The molecule has 4 rings (SSSR count). The minimum atomic E-state index is -1.78. The van der Waals surface area contributed by atoms with Crippen molar-refractivity contribution in [2.24, 2.45) is 28.6 Å². The van der Waals surface area contributed by atoms with Gasteiger partial charge >= 0.3 is 11.9 Å². The molecular formula is C33H48N2O10S. The highest BCUT2D eigenvalue weighted by molar-refractivity contribution is 7.98. The van der Waals surface area contributed by atoms with Crippen LogP contribution in [-0.2, 0) is 33.5 Å². The second kappa shape index (κ2) is 14.1. The fourth-order valence-corrected chi connectivity index (χ4v) is 9.34. The van der Waals surface area contributed by atoms with Gasteiger partial charge in [0.2, 0.25) is 17.6 Å². The van der Waals surface area contributed by atoms with Crippen molar-refractivity contribution in [2.75, 3.05) is 18.6 Å². The number of carboxylic acids is 1. The third-order valence-electron chi connectivity index (χ3n) is 11.4. The largest absolute Gasteiger partial charge is 0.480 e. The van der Waals surface area contributed by atoms with Crippen LogP contribution in [0.25, 0.3) is 0 Å². The van der Waals surface area contributed by atoms with Crippen LogP contribution in [0.5, 0.6) is 0 Å². The van der Waals surface area contributed by atoms with Gasteiger partial charge in [-0.15, -0.1) is 0 Å². The average Bonchev–Trinajstić information content (AvgIpc) is 3.27. The molecule has 0 saturated heterocycles. The number of fused-ring (bicyclic) bond motifs is 5. The Balaban J connectivity index is 1.28. The van der Waals surface area contributed by atoms with E-state index < -0.39 is 65.3 Å². The summed E-state index contributed by atoms with van der Waals surface area (Å²) in [5.74, 6) is -3.25. The minimum absolute atomic E-state index is 0.0132. The van der Waals surface area contributed by atoms with Crippen LogP contribution < -0.4 is 10.6 Å². The standard InChI is InChI=1S/C33H48N2O10S/c1-18(29(41)35-23(30(42)43)11-14-46-4)34-26(39)7-8-27(40)45-17-25(38)33(44)13-10-22-21-6-5-19-15-20(36)9-12-31(19,2)28(21)24(37)16-32(22,33)3/h15,18,21-24,28,37,44H,5-14,16-17H2,1-4H3,(H,34,39)(H,35,41)(H,42,43)/t18-,21-,22+,23-,24-,28-,31-,32-,33-/m0/s1. The molecule has 3 saturated carbocycles.